The first-order valence-electron chi connectivity index (χ1n) is 2.54. The summed E-state index contributed by atoms with van der Waals surface area (Å²) in [5.74, 6) is -0.910. The van der Waals surface area contributed by atoms with Gasteiger partial charge in [-0.05, 0) is 5.92 Å². The van der Waals surface area contributed by atoms with Crippen molar-refractivity contribution in [1.29, 1.82) is 0 Å². The van der Waals surface area contributed by atoms with Crippen LogP contribution < -0.4 is 5.73 Å². The molecule has 0 aliphatic carbocycles. The smallest absolute Gasteiger partial charge is 0.320 e. The van der Waals surface area contributed by atoms with Crippen molar-refractivity contribution in [3.8, 4) is 0 Å². The van der Waals surface area contributed by atoms with Crippen molar-refractivity contribution in [2.75, 3.05) is 0 Å². The van der Waals surface area contributed by atoms with Gasteiger partial charge in [-0.25, -0.2) is 0 Å². The van der Waals surface area contributed by atoms with E-state index in [0.717, 1.165) is 0 Å². The zero-order valence-corrected chi connectivity index (χ0v) is 8.99. The first-order chi connectivity index (χ1) is 3.55. The molecule has 1 atom stereocenters. The van der Waals surface area contributed by atoms with Gasteiger partial charge in [-0.15, -0.1) is 0 Å². The molecule has 0 fully saturated rings. The summed E-state index contributed by atoms with van der Waals surface area (Å²) in [5.41, 5.74) is 5.16. The number of carboxylic acid groups (broad SMARTS) is 1. The Morgan fingerprint density at radius 3 is 1.80 bits per heavy atom. The SMILES string of the molecule is CC(C)[C@H](N)C(=O)O.[Ti].[V]. The molecule has 0 amide bonds. The molecule has 0 rings (SSSR count). The number of aliphatic carboxylic acids is 1. The molecule has 0 aliphatic rings. The van der Waals surface area contributed by atoms with Crippen LogP contribution in [0.3, 0.4) is 0 Å². The normalized spacial score (nSPS) is 11.2. The number of nitrogens with two attached hydrogens (primary N) is 1. The van der Waals surface area contributed by atoms with Crippen molar-refractivity contribution in [2.24, 2.45) is 11.7 Å². The molecule has 0 aromatic heterocycles. The van der Waals surface area contributed by atoms with E-state index >= 15 is 0 Å². The molecular weight excluding hydrogens is 205 g/mol. The second-order valence-corrected chi connectivity index (χ2v) is 2.11. The maximum absolute atomic E-state index is 10.0. The van der Waals surface area contributed by atoms with Crippen LogP contribution in [-0.2, 0) is 45.1 Å². The molecule has 0 saturated carbocycles. The molecule has 57 valence electrons. The van der Waals surface area contributed by atoms with E-state index in [0.29, 0.717) is 0 Å². The summed E-state index contributed by atoms with van der Waals surface area (Å²) < 4.78 is 0. The van der Waals surface area contributed by atoms with Crippen LogP contribution in [0.2, 0.25) is 0 Å². The van der Waals surface area contributed by atoms with Gasteiger partial charge < -0.3 is 10.8 Å². The molecule has 0 spiro atoms. The Labute approximate surface area is 87.5 Å². The summed E-state index contributed by atoms with van der Waals surface area (Å²) in [5, 5.41) is 8.23. The third-order valence-corrected chi connectivity index (χ3v) is 1.00. The van der Waals surface area contributed by atoms with Crippen molar-refractivity contribution >= 4 is 5.97 Å². The van der Waals surface area contributed by atoms with E-state index in [9.17, 15) is 4.79 Å². The molecule has 0 bridgehead atoms. The van der Waals surface area contributed by atoms with E-state index < -0.39 is 12.0 Å². The average molecular weight is 216 g/mol. The van der Waals surface area contributed by atoms with Crippen LogP contribution in [0.5, 0.6) is 0 Å². The standard InChI is InChI=1S/C5H11NO2.Ti.V/c1-3(2)4(6)5(7)8;;/h3-4H,6H2,1-2H3,(H,7,8);;/t4-;;/m0../s1. The monoisotopic (exact) mass is 216 g/mol. The molecule has 0 aromatic rings. The van der Waals surface area contributed by atoms with E-state index in [1.54, 1.807) is 13.8 Å². The van der Waals surface area contributed by atoms with Gasteiger partial charge in [-0.2, -0.15) is 0 Å². The van der Waals surface area contributed by atoms with Crippen LogP contribution in [0.1, 0.15) is 13.8 Å². The predicted molar refractivity (Wildman–Crippen MR) is 30.4 cm³/mol. The predicted octanol–water partition coefficient (Wildman–Crippen LogP) is 0.0493. The fourth-order valence-corrected chi connectivity index (χ4v) is 0.285. The minimum Gasteiger partial charge on any atom is -0.480 e. The minimum absolute atomic E-state index is 0. The van der Waals surface area contributed by atoms with Crippen molar-refractivity contribution in [3.05, 3.63) is 0 Å². The van der Waals surface area contributed by atoms with E-state index in [1.165, 1.54) is 0 Å². The number of carbonyl (C=O) groups is 1. The van der Waals surface area contributed by atoms with Gasteiger partial charge in [0.05, 0.1) is 0 Å². The van der Waals surface area contributed by atoms with Crippen molar-refractivity contribution in [3.63, 3.8) is 0 Å². The van der Waals surface area contributed by atoms with Gasteiger partial charge in [0.25, 0.3) is 0 Å². The topological polar surface area (TPSA) is 63.3 Å². The molecule has 10 heavy (non-hydrogen) atoms. The van der Waals surface area contributed by atoms with Crippen LogP contribution in [0.25, 0.3) is 0 Å². The first kappa shape index (κ1) is 17.0. The molecule has 3 N–H and O–H groups in total. The zero-order chi connectivity index (χ0) is 6.73. The Morgan fingerprint density at radius 2 is 1.80 bits per heavy atom. The summed E-state index contributed by atoms with van der Waals surface area (Å²) in [6.45, 7) is 3.55. The largest absolute Gasteiger partial charge is 0.480 e. The van der Waals surface area contributed by atoms with Gasteiger partial charge in [0.1, 0.15) is 6.04 Å². The van der Waals surface area contributed by atoms with Gasteiger partial charge >= 0.3 is 5.97 Å². The van der Waals surface area contributed by atoms with Gasteiger partial charge in [-0.3, -0.25) is 4.79 Å². The summed E-state index contributed by atoms with van der Waals surface area (Å²) >= 11 is 0. The second kappa shape index (κ2) is 7.83. The summed E-state index contributed by atoms with van der Waals surface area (Å²) in [4.78, 5) is 10.0. The summed E-state index contributed by atoms with van der Waals surface area (Å²) in [7, 11) is 0. The molecule has 0 unspecified atom stereocenters. The average Bonchev–Trinajstić information content (AvgIpc) is 1.64. The fraction of sp³-hybridized carbons (Fsp3) is 0.800. The molecule has 3 nitrogen and oxygen atoms in total. The van der Waals surface area contributed by atoms with E-state index in [1.807, 2.05) is 0 Å². The number of rotatable bonds is 2. The second-order valence-electron chi connectivity index (χ2n) is 2.11. The van der Waals surface area contributed by atoms with E-state index in [4.69, 9.17) is 10.8 Å². The molecule has 0 aliphatic heterocycles. The third kappa shape index (κ3) is 6.84. The van der Waals surface area contributed by atoms with E-state index in [2.05, 4.69) is 0 Å². The Balaban J connectivity index is -0.000000245. The van der Waals surface area contributed by atoms with Gasteiger partial charge in [-0.1, -0.05) is 13.8 Å². The summed E-state index contributed by atoms with van der Waals surface area (Å²) in [6.07, 6.45) is 0. The number of hydrogen-bond acceptors (Lipinski definition) is 2. The maximum Gasteiger partial charge on any atom is 0.320 e. The van der Waals surface area contributed by atoms with Crippen LogP contribution in [0.15, 0.2) is 0 Å². The van der Waals surface area contributed by atoms with Crippen LogP contribution >= 0.6 is 0 Å². The van der Waals surface area contributed by atoms with Gasteiger partial charge in [0.2, 0.25) is 0 Å². The van der Waals surface area contributed by atoms with Gasteiger partial charge in [0, 0.05) is 40.3 Å². The van der Waals surface area contributed by atoms with Crippen LogP contribution in [0, 0.1) is 5.92 Å². The minimum atomic E-state index is -0.931. The Bertz CT molecular complexity index is 99.6. The maximum atomic E-state index is 10.0. The molecular formula is C5H11NO2TiV. The fourth-order valence-electron chi connectivity index (χ4n) is 0.285. The quantitative estimate of drug-likeness (QED) is 0.641. The number of hydrogen-bond donors (Lipinski definition) is 2. The van der Waals surface area contributed by atoms with Crippen molar-refractivity contribution < 1.29 is 50.2 Å². The van der Waals surface area contributed by atoms with E-state index in [-0.39, 0.29) is 46.2 Å². The molecule has 0 heterocycles. The van der Waals surface area contributed by atoms with Crippen molar-refractivity contribution in [2.45, 2.75) is 19.9 Å². The number of carboxylic acids is 1. The third-order valence-electron chi connectivity index (χ3n) is 1.00. The van der Waals surface area contributed by atoms with Gasteiger partial charge in [0.15, 0.2) is 0 Å². The van der Waals surface area contributed by atoms with Crippen LogP contribution in [-0.4, -0.2) is 17.1 Å². The first-order valence-corrected chi connectivity index (χ1v) is 2.54. The van der Waals surface area contributed by atoms with Crippen LogP contribution in [0.4, 0.5) is 0 Å². The zero-order valence-electron chi connectivity index (χ0n) is 6.03. The molecule has 1 radical (unpaired) electrons. The Kier molecular flexibility index (Phi) is 13.3. The summed E-state index contributed by atoms with van der Waals surface area (Å²) in [6, 6.07) is -0.713. The molecule has 5 heteroatoms. The molecule has 0 aromatic carbocycles. The Morgan fingerprint density at radius 1 is 1.50 bits per heavy atom. The van der Waals surface area contributed by atoms with Crippen molar-refractivity contribution in [1.82, 2.24) is 0 Å². The molecule has 0 saturated heterocycles. The Hall–Kier alpha value is 0.729.